The Morgan fingerprint density at radius 3 is 2.43 bits per heavy atom. The lowest BCUT2D eigenvalue weighted by Crippen LogP contribution is -2.30. The monoisotopic (exact) mass is 433 g/mol. The van der Waals surface area contributed by atoms with E-state index in [4.69, 9.17) is 0 Å². The molecule has 1 aliphatic rings. The molecular weight excluding hydrogens is 402 g/mol. The summed E-state index contributed by atoms with van der Waals surface area (Å²) in [5.74, 6) is 0.362. The van der Waals surface area contributed by atoms with Gasteiger partial charge in [0, 0.05) is 48.8 Å². The minimum Gasteiger partial charge on any atom is -0.348 e. The van der Waals surface area contributed by atoms with Crippen molar-refractivity contribution in [1.82, 2.24) is 13.4 Å². The zero-order chi connectivity index (χ0) is 22.1. The van der Waals surface area contributed by atoms with Gasteiger partial charge in [0.15, 0.2) is 5.78 Å². The lowest BCUT2D eigenvalue weighted by molar-refractivity contribution is 0.0969. The first kappa shape index (κ1) is 22.5. The number of aromatic nitrogens is 2. The molecule has 3 heterocycles. The Morgan fingerprint density at radius 2 is 1.80 bits per heavy atom. The van der Waals surface area contributed by atoms with Gasteiger partial charge in [0.2, 0.25) is 10.0 Å². The van der Waals surface area contributed by atoms with Crippen LogP contribution >= 0.6 is 0 Å². The number of hydrogen-bond donors (Lipinski definition) is 0. The number of sulfonamides is 1. The van der Waals surface area contributed by atoms with Crippen LogP contribution in [0.2, 0.25) is 0 Å². The summed E-state index contributed by atoms with van der Waals surface area (Å²) in [7, 11) is -3.65. The highest BCUT2D eigenvalue weighted by Gasteiger charge is 2.28. The maximum atomic E-state index is 13.0. The second-order valence-electron chi connectivity index (χ2n) is 8.48. The molecule has 2 aromatic heterocycles. The van der Waals surface area contributed by atoms with E-state index in [1.807, 2.05) is 19.9 Å². The molecule has 0 aromatic carbocycles. The molecule has 164 valence electrons. The molecule has 7 nitrogen and oxygen atoms in total. The number of carbonyl (C=O) groups excluding carboxylic acids is 1. The second kappa shape index (κ2) is 8.89. The molecule has 1 saturated heterocycles. The molecule has 0 unspecified atom stereocenters. The van der Waals surface area contributed by atoms with E-state index in [-0.39, 0.29) is 17.2 Å². The van der Waals surface area contributed by atoms with Gasteiger partial charge >= 0.3 is 0 Å². The fraction of sp³-hybridized carbons (Fsp3) is 0.545. The maximum Gasteiger partial charge on any atom is 0.251 e. The van der Waals surface area contributed by atoms with Crippen molar-refractivity contribution in [2.75, 3.05) is 13.1 Å². The van der Waals surface area contributed by atoms with E-state index >= 15 is 0 Å². The van der Waals surface area contributed by atoms with Crippen LogP contribution in [-0.4, -0.2) is 40.7 Å². The third-order valence-electron chi connectivity index (χ3n) is 5.78. The number of Topliss-reactive ketones (excluding diaryl/α,β-unsaturated/α-hetero) is 1. The Balaban J connectivity index is 1.85. The molecule has 0 N–H and O–H groups in total. The van der Waals surface area contributed by atoms with Gasteiger partial charge in [0.05, 0.1) is 11.4 Å². The van der Waals surface area contributed by atoms with Crippen LogP contribution in [0, 0.1) is 19.8 Å². The number of nitrogens with zero attached hydrogens (tertiary/aromatic N) is 3. The first-order chi connectivity index (χ1) is 14.1. The molecule has 1 aliphatic heterocycles. The Bertz CT molecular complexity index is 1090. The van der Waals surface area contributed by atoms with Crippen LogP contribution in [0.15, 0.2) is 34.1 Å². The van der Waals surface area contributed by atoms with Gasteiger partial charge in [0.25, 0.3) is 5.56 Å². The Kier molecular flexibility index (Phi) is 6.67. The first-order valence-corrected chi connectivity index (χ1v) is 12.0. The summed E-state index contributed by atoms with van der Waals surface area (Å²) in [4.78, 5) is 25.3. The zero-order valence-corrected chi connectivity index (χ0v) is 19.0. The van der Waals surface area contributed by atoms with Gasteiger partial charge in [-0.2, -0.15) is 4.31 Å². The third-order valence-corrected chi connectivity index (χ3v) is 7.66. The van der Waals surface area contributed by atoms with E-state index in [9.17, 15) is 18.0 Å². The summed E-state index contributed by atoms with van der Waals surface area (Å²) in [6, 6.07) is 4.41. The molecule has 8 heteroatoms. The fourth-order valence-electron chi connectivity index (χ4n) is 3.92. The quantitative estimate of drug-likeness (QED) is 0.600. The standard InChI is InChI=1S/C22H31N3O4S/c1-16(2)9-12-25-17(3)13-20(18(25)4)21(26)15-23-14-19(7-8-22(23)27)30(28,29)24-10-5-6-11-24/h7-8,13-14,16H,5-6,9-12,15H2,1-4H3. The van der Waals surface area contributed by atoms with Gasteiger partial charge in [-0.25, -0.2) is 8.42 Å². The lowest BCUT2D eigenvalue weighted by Gasteiger charge is -2.16. The van der Waals surface area contributed by atoms with E-state index in [1.165, 1.54) is 27.2 Å². The van der Waals surface area contributed by atoms with Gasteiger partial charge in [-0.1, -0.05) is 13.8 Å². The van der Waals surface area contributed by atoms with Gasteiger partial charge in [0.1, 0.15) is 0 Å². The molecule has 30 heavy (non-hydrogen) atoms. The largest absolute Gasteiger partial charge is 0.348 e. The van der Waals surface area contributed by atoms with Crippen LogP contribution in [-0.2, 0) is 23.1 Å². The molecule has 0 aliphatic carbocycles. The number of ketones is 1. The number of aryl methyl sites for hydroxylation is 1. The van der Waals surface area contributed by atoms with Crippen molar-refractivity contribution in [2.24, 2.45) is 5.92 Å². The summed E-state index contributed by atoms with van der Waals surface area (Å²) in [5, 5.41) is 0. The highest BCUT2D eigenvalue weighted by Crippen LogP contribution is 2.21. The summed E-state index contributed by atoms with van der Waals surface area (Å²) >= 11 is 0. The first-order valence-electron chi connectivity index (χ1n) is 10.5. The van der Waals surface area contributed by atoms with Gasteiger partial charge in [-0.05, 0) is 51.2 Å². The molecule has 3 rings (SSSR count). The minimum atomic E-state index is -3.65. The molecule has 2 aromatic rings. The van der Waals surface area contributed by atoms with Gasteiger partial charge in [-0.3, -0.25) is 9.59 Å². The smallest absolute Gasteiger partial charge is 0.251 e. The normalized spacial score (nSPS) is 15.2. The van der Waals surface area contributed by atoms with E-state index in [2.05, 4.69) is 18.4 Å². The highest BCUT2D eigenvalue weighted by molar-refractivity contribution is 7.89. The van der Waals surface area contributed by atoms with Crippen LogP contribution in [0.3, 0.4) is 0 Å². The Morgan fingerprint density at radius 1 is 1.13 bits per heavy atom. The summed E-state index contributed by atoms with van der Waals surface area (Å²) in [6.45, 7) is 9.84. The molecule has 0 amide bonds. The molecule has 1 fully saturated rings. The third kappa shape index (κ3) is 4.59. The van der Waals surface area contributed by atoms with Crippen molar-refractivity contribution in [3.63, 3.8) is 0 Å². The fourth-order valence-corrected chi connectivity index (χ4v) is 5.46. The van der Waals surface area contributed by atoms with Crippen molar-refractivity contribution < 1.29 is 13.2 Å². The Labute approximate surface area is 178 Å². The van der Waals surface area contributed by atoms with Gasteiger partial charge < -0.3 is 9.13 Å². The van der Waals surface area contributed by atoms with E-state index in [1.54, 1.807) is 0 Å². The SMILES string of the molecule is Cc1cc(C(=O)Cn2cc(S(=O)(=O)N3CCCC3)ccc2=O)c(C)n1CCC(C)C. The number of rotatable bonds is 8. The topological polar surface area (TPSA) is 81.4 Å². The van der Waals surface area contributed by atoms with Crippen molar-refractivity contribution >= 4 is 15.8 Å². The van der Waals surface area contributed by atoms with Crippen molar-refractivity contribution in [1.29, 1.82) is 0 Å². The van der Waals surface area contributed by atoms with E-state index < -0.39 is 15.6 Å². The molecule has 0 atom stereocenters. The van der Waals surface area contributed by atoms with Gasteiger partial charge in [-0.15, -0.1) is 0 Å². The predicted octanol–water partition coefficient (Wildman–Crippen LogP) is 2.98. The maximum absolute atomic E-state index is 13.0. The zero-order valence-electron chi connectivity index (χ0n) is 18.2. The van der Waals surface area contributed by atoms with E-state index in [0.717, 1.165) is 37.2 Å². The Hall–Kier alpha value is -2.19. The van der Waals surface area contributed by atoms with Crippen LogP contribution in [0.25, 0.3) is 0 Å². The minimum absolute atomic E-state index is 0.0548. The molecule has 0 bridgehead atoms. The lowest BCUT2D eigenvalue weighted by atomic mass is 10.1. The summed E-state index contributed by atoms with van der Waals surface area (Å²) in [6.07, 6.45) is 3.99. The van der Waals surface area contributed by atoms with E-state index in [0.29, 0.717) is 24.6 Å². The summed E-state index contributed by atoms with van der Waals surface area (Å²) in [5.41, 5.74) is 2.08. The second-order valence-corrected chi connectivity index (χ2v) is 10.4. The number of pyridine rings is 1. The average molecular weight is 434 g/mol. The van der Waals surface area contributed by atoms with Crippen LogP contribution in [0.1, 0.15) is 54.9 Å². The van der Waals surface area contributed by atoms with Crippen molar-refractivity contribution in [3.8, 4) is 0 Å². The van der Waals surface area contributed by atoms with Crippen molar-refractivity contribution in [3.05, 3.63) is 51.7 Å². The molecule has 0 spiro atoms. The van der Waals surface area contributed by atoms with Crippen LogP contribution in [0.4, 0.5) is 0 Å². The van der Waals surface area contributed by atoms with Crippen LogP contribution < -0.4 is 5.56 Å². The molecule has 0 radical (unpaired) electrons. The predicted molar refractivity (Wildman–Crippen MR) is 116 cm³/mol. The molecule has 0 saturated carbocycles. The van der Waals surface area contributed by atoms with Crippen molar-refractivity contribution in [2.45, 2.75) is 64.9 Å². The summed E-state index contributed by atoms with van der Waals surface area (Å²) < 4.78 is 30.4. The average Bonchev–Trinajstić information content (AvgIpc) is 3.31. The molecular formula is C22H31N3O4S. The number of hydrogen-bond acceptors (Lipinski definition) is 4. The highest BCUT2D eigenvalue weighted by atomic mass is 32.2. The van der Waals surface area contributed by atoms with Crippen LogP contribution in [0.5, 0.6) is 0 Å². The number of carbonyl (C=O) groups is 1.